The van der Waals surface area contributed by atoms with Crippen molar-refractivity contribution in [2.75, 3.05) is 4.90 Å². The highest BCUT2D eigenvalue weighted by molar-refractivity contribution is 5.99. The van der Waals surface area contributed by atoms with E-state index < -0.39 is 141 Å². The van der Waals surface area contributed by atoms with Gasteiger partial charge in [-0.15, -0.1) is 0 Å². The third kappa shape index (κ3) is 14.5. The number of nitrogens with two attached hydrogens (primary N) is 9. The molecule has 74 heavy (non-hydrogen) atoms. The number of rotatable bonds is 22. The molecule has 0 bridgehead atoms. The third-order valence-electron chi connectivity index (χ3n) is 9.68. The van der Waals surface area contributed by atoms with Gasteiger partial charge < -0.3 is 93.3 Å². The van der Waals surface area contributed by atoms with Gasteiger partial charge in [-0.3, -0.25) is 49.0 Å². The molecule has 0 spiro atoms. The molecule has 0 aliphatic heterocycles. The number of nitrogens with one attached hydrogen (secondary N) is 5. The molecule has 0 fully saturated rings. The van der Waals surface area contributed by atoms with E-state index in [0.29, 0.717) is 22.4 Å². The summed E-state index contributed by atoms with van der Waals surface area (Å²) in [5.74, 6) is -12.3. The van der Waals surface area contributed by atoms with E-state index >= 15 is 0 Å². The second kappa shape index (κ2) is 24.4. The lowest BCUT2D eigenvalue weighted by Crippen LogP contribution is -2.58. The number of nitriles is 1. The molecule has 388 valence electrons. The van der Waals surface area contributed by atoms with Crippen molar-refractivity contribution in [1.29, 1.82) is 5.26 Å². The van der Waals surface area contributed by atoms with Crippen LogP contribution in [0.25, 0.3) is 10.8 Å². The number of phenolic OH excluding ortho intramolecular Hbond substituents is 1. The zero-order valence-electron chi connectivity index (χ0n) is 37.9. The number of aliphatic hydroxyl groups excluding tert-OH is 1. The number of hydrogen-bond donors (Lipinski definition) is 16. The molecule has 4 aromatic carbocycles. The van der Waals surface area contributed by atoms with Crippen LogP contribution in [0, 0.1) is 31.6 Å². The van der Waals surface area contributed by atoms with Crippen LogP contribution in [0.1, 0.15) is 22.7 Å². The minimum atomic E-state index is -2.73. The molecule has 34 nitrogen and oxygen atoms in total. The van der Waals surface area contributed by atoms with Crippen LogP contribution in [0.3, 0.4) is 0 Å². The summed E-state index contributed by atoms with van der Waals surface area (Å²) >= 11 is 0. The number of primary amides is 1. The average Bonchev–Trinajstić information content (AvgIpc) is 3.33. The van der Waals surface area contributed by atoms with Crippen molar-refractivity contribution in [2.45, 2.75) is 43.5 Å². The monoisotopic (exact) mass is 1030 g/mol. The fourth-order valence-electron chi connectivity index (χ4n) is 6.59. The highest BCUT2D eigenvalue weighted by atomic mass is 16.6. The summed E-state index contributed by atoms with van der Waals surface area (Å²) in [5.41, 5.74) is 44.7. The number of aliphatic hydroxyl groups is 1. The van der Waals surface area contributed by atoms with Gasteiger partial charge in [-0.05, 0) is 22.4 Å². The van der Waals surface area contributed by atoms with E-state index in [-0.39, 0.29) is 16.5 Å². The first-order valence-corrected chi connectivity index (χ1v) is 20.6. The smallest absolute Gasteiger partial charge is 0.301 e. The molecular weight excluding hydrogens is 981 g/mol. The van der Waals surface area contributed by atoms with Gasteiger partial charge in [0, 0.05) is 17.7 Å². The molecule has 0 aromatic heterocycles. The average molecular weight is 1030 g/mol. The Bertz CT molecular complexity index is 2980. The second-order valence-electron chi connectivity index (χ2n) is 14.9. The zero-order chi connectivity index (χ0) is 55.1. The first kappa shape index (κ1) is 55.5. The summed E-state index contributed by atoms with van der Waals surface area (Å²) in [6.07, 6.45) is -11.4. The van der Waals surface area contributed by atoms with Crippen molar-refractivity contribution in [1.82, 2.24) is 26.6 Å². The zero-order valence-corrected chi connectivity index (χ0v) is 37.9. The molecule has 34 heteroatoms. The Hall–Kier alpha value is -11.1. The van der Waals surface area contributed by atoms with Crippen LogP contribution in [0.5, 0.6) is 5.75 Å². The van der Waals surface area contributed by atoms with E-state index in [1.165, 1.54) is 48.5 Å². The van der Waals surface area contributed by atoms with E-state index in [4.69, 9.17) is 51.6 Å². The van der Waals surface area contributed by atoms with Crippen LogP contribution in [-0.2, 0) is 35.3 Å². The quantitative estimate of drug-likeness (QED) is 0.0114. The Morgan fingerprint density at radius 3 is 1.49 bits per heavy atom. The number of benzene rings is 4. The third-order valence-corrected chi connectivity index (χ3v) is 9.68. The van der Waals surface area contributed by atoms with Crippen molar-refractivity contribution in [3.63, 3.8) is 0 Å². The number of anilines is 1. The van der Waals surface area contributed by atoms with Crippen LogP contribution >= 0.6 is 0 Å². The largest absolute Gasteiger partial charge is 0.508 e. The SMILES string of the molecule is N#Cc1cc([N+](=O)[O-])c(N(Cc2c(O)ccc3ccccc23)C(O)C(=O)NC(C(=O)NC(N=C(N)N)C(=O)NC(N=C(N)N)C(=O)NC(N=C(N)N)C(=O)NC(N=C(N)N)C(N)=O)c2ccccc2)c([N+](=O)[O-])c1. The Kier molecular flexibility index (Phi) is 18.3. The molecule has 6 unspecified atom stereocenters. The Labute approximate surface area is 414 Å². The maximum absolute atomic E-state index is 14.4. The van der Waals surface area contributed by atoms with Gasteiger partial charge in [-0.1, -0.05) is 60.7 Å². The van der Waals surface area contributed by atoms with Gasteiger partial charge in [0.1, 0.15) is 11.8 Å². The number of nitrogens with zero attached hydrogens (tertiary/aromatic N) is 8. The van der Waals surface area contributed by atoms with Crippen LogP contribution in [0.4, 0.5) is 17.1 Å². The minimum Gasteiger partial charge on any atom is -0.508 e. The number of amides is 6. The number of aliphatic imine (C=N–C) groups is 4. The lowest BCUT2D eigenvalue weighted by Gasteiger charge is -2.30. The summed E-state index contributed by atoms with van der Waals surface area (Å²) in [6.45, 7) is -0.877. The van der Waals surface area contributed by atoms with Crippen molar-refractivity contribution in [2.24, 2.45) is 71.6 Å². The number of fused-ring (bicyclic) bond motifs is 1. The number of guanidine groups is 4. The number of phenols is 1. The summed E-state index contributed by atoms with van der Waals surface area (Å²) < 4.78 is 0. The van der Waals surface area contributed by atoms with Gasteiger partial charge in [0.15, 0.2) is 29.5 Å². The molecule has 4 rings (SSSR count). The van der Waals surface area contributed by atoms with Gasteiger partial charge in [0.05, 0.1) is 28.0 Å². The maximum Gasteiger partial charge on any atom is 0.301 e. The highest BCUT2D eigenvalue weighted by Crippen LogP contribution is 2.42. The molecule has 0 saturated heterocycles. The van der Waals surface area contributed by atoms with Crippen molar-refractivity contribution in [3.8, 4) is 11.8 Å². The molecule has 6 atom stereocenters. The van der Waals surface area contributed by atoms with E-state index in [1.54, 1.807) is 24.3 Å². The number of carbonyl (C=O) groups excluding carboxylic acids is 6. The van der Waals surface area contributed by atoms with Gasteiger partial charge in [0.2, 0.25) is 36.8 Å². The first-order chi connectivity index (χ1) is 34.8. The molecule has 4 aromatic rings. The highest BCUT2D eigenvalue weighted by Gasteiger charge is 2.40. The van der Waals surface area contributed by atoms with Crippen LogP contribution in [0.15, 0.2) is 98.8 Å². The Morgan fingerprint density at radius 2 is 1.04 bits per heavy atom. The number of nitro benzene ring substituents is 2. The number of aromatic hydroxyl groups is 1. The van der Waals surface area contributed by atoms with Crippen molar-refractivity contribution >= 4 is 87.1 Å². The summed E-state index contributed by atoms with van der Waals surface area (Å²) in [5, 5.41) is 68.7. The number of nitro groups is 2. The minimum absolute atomic E-state index is 0.0942. The number of hydrogen-bond acceptors (Lipinski definition) is 18. The maximum atomic E-state index is 14.4. The lowest BCUT2D eigenvalue weighted by molar-refractivity contribution is -0.392. The summed E-state index contributed by atoms with van der Waals surface area (Å²) in [7, 11) is 0. The summed E-state index contributed by atoms with van der Waals surface area (Å²) in [4.78, 5) is 119. The van der Waals surface area contributed by atoms with Crippen molar-refractivity contribution < 1.29 is 48.8 Å². The van der Waals surface area contributed by atoms with E-state index in [9.17, 15) is 64.5 Å². The fraction of sp³-hybridized carbons (Fsp3) is 0.175. The van der Waals surface area contributed by atoms with Crippen LogP contribution in [0.2, 0.25) is 0 Å². The Balaban J connectivity index is 1.76. The molecule has 0 saturated carbocycles. The van der Waals surface area contributed by atoms with Crippen molar-refractivity contribution in [3.05, 3.63) is 116 Å². The van der Waals surface area contributed by atoms with E-state index in [1.807, 2.05) is 16.0 Å². The van der Waals surface area contributed by atoms with Gasteiger partial charge in [-0.2, -0.15) is 5.26 Å². The molecule has 0 aliphatic carbocycles. The van der Waals surface area contributed by atoms with E-state index in [0.717, 1.165) is 0 Å². The predicted octanol–water partition coefficient (Wildman–Crippen LogP) is -6.24. The topological polar surface area (TPSA) is 600 Å². The molecule has 6 amide bonds. The molecule has 0 heterocycles. The van der Waals surface area contributed by atoms with Gasteiger partial charge >= 0.3 is 11.4 Å². The molecular formula is C40H46N22O12. The lowest BCUT2D eigenvalue weighted by atomic mass is 10.0. The first-order valence-electron chi connectivity index (χ1n) is 20.6. The van der Waals surface area contributed by atoms with E-state index in [2.05, 4.69) is 30.6 Å². The van der Waals surface area contributed by atoms with Crippen LogP contribution < -0.4 is 83.1 Å². The molecule has 0 radical (unpaired) electrons. The van der Waals surface area contributed by atoms with Gasteiger partial charge in [0.25, 0.3) is 29.5 Å². The second-order valence-corrected chi connectivity index (χ2v) is 14.9. The normalized spacial score (nSPS) is 12.9. The Morgan fingerprint density at radius 1 is 0.608 bits per heavy atom. The molecule has 0 aliphatic rings. The summed E-state index contributed by atoms with van der Waals surface area (Å²) in [6, 6.07) is 16.7. The number of carbonyl (C=O) groups is 6. The predicted molar refractivity (Wildman–Crippen MR) is 260 cm³/mol. The fourth-order valence-corrected chi connectivity index (χ4v) is 6.59. The standard InChI is InChI=1S/C40H46N22O12/c41-14-16-12-21(61(71)72)25(22(13-16)62(73)74)60(15-20-19-9-5-4-6-17(19)10-11-23(20)63)36(70)35(69)51-24(18-7-2-1-3-8-18)31(65)53-28(57-38(45)46)33(67)55-30(59-40(49)50)34(68)54-29(58-39(47)48)32(66)52-27(26(42)64)56-37(43)44/h1-13,24,27-30,36,63,70H,15H2,(H2,42,64)(H,51,69)(H,52,66)(H,53,65)(H,54,68)(H,55,67)(H4,43,44,56)(H4,45,46,57)(H4,47,48,58)(H4,49,50,59). The molecule has 25 N–H and O–H groups in total. The van der Waals surface area contributed by atoms with Crippen LogP contribution in [-0.4, -0.2) is 110 Å². The van der Waals surface area contributed by atoms with Gasteiger partial charge in [-0.25, -0.2) is 20.0 Å².